The van der Waals surface area contributed by atoms with Crippen LogP contribution in [0.3, 0.4) is 0 Å². The van der Waals surface area contributed by atoms with Crippen molar-refractivity contribution in [2.75, 3.05) is 31.6 Å². The van der Waals surface area contributed by atoms with Gasteiger partial charge in [0.15, 0.2) is 11.6 Å². The fraction of sp³-hybridized carbons (Fsp3) is 0.300. The lowest BCUT2D eigenvalue weighted by Crippen LogP contribution is -2.40. The molecule has 0 saturated carbocycles. The van der Waals surface area contributed by atoms with Gasteiger partial charge in [0.05, 0.1) is 24.3 Å². The predicted octanol–water partition coefficient (Wildman–Crippen LogP) is 5.42. The van der Waals surface area contributed by atoms with Gasteiger partial charge in [0.25, 0.3) is 5.91 Å². The summed E-state index contributed by atoms with van der Waals surface area (Å²) in [5, 5.41) is 3.26. The van der Waals surface area contributed by atoms with Crippen molar-refractivity contribution >= 4 is 28.5 Å². The molecule has 2 aliphatic heterocycles. The molecule has 4 heterocycles. The molecule has 0 aliphatic carbocycles. The minimum Gasteiger partial charge on any atom is -0.435 e. The van der Waals surface area contributed by atoms with E-state index in [1.54, 1.807) is 36.1 Å². The van der Waals surface area contributed by atoms with Crippen LogP contribution in [0.4, 0.5) is 9.52 Å². The molecule has 2 aliphatic rings. The van der Waals surface area contributed by atoms with E-state index in [-0.39, 0.29) is 23.4 Å². The summed E-state index contributed by atoms with van der Waals surface area (Å²) in [4.78, 5) is 37.2. The van der Waals surface area contributed by atoms with Crippen molar-refractivity contribution in [3.05, 3.63) is 82.9 Å². The highest BCUT2D eigenvalue weighted by atomic mass is 32.1. The SMILES string of the molecule is Cc1nsc(NC(=O)C(C)(C)C2c3ccc(-c4ccc(C(=O)N5CCOCC5)cc4)nc3Oc3c(F)cccc32)n1. The lowest BCUT2D eigenvalue weighted by atomic mass is 9.69. The van der Waals surface area contributed by atoms with Crippen molar-refractivity contribution < 1.29 is 23.5 Å². The van der Waals surface area contributed by atoms with Gasteiger partial charge in [-0.3, -0.25) is 9.59 Å². The number of amides is 2. The van der Waals surface area contributed by atoms with E-state index in [4.69, 9.17) is 14.5 Å². The van der Waals surface area contributed by atoms with E-state index >= 15 is 4.39 Å². The Morgan fingerprint density at radius 2 is 1.78 bits per heavy atom. The highest BCUT2D eigenvalue weighted by Crippen LogP contribution is 2.52. The largest absolute Gasteiger partial charge is 0.435 e. The van der Waals surface area contributed by atoms with Crippen LogP contribution in [0.1, 0.15) is 47.1 Å². The first-order chi connectivity index (χ1) is 19.7. The molecule has 6 rings (SSSR count). The topological polar surface area (TPSA) is 107 Å². The molecule has 9 nitrogen and oxygen atoms in total. The summed E-state index contributed by atoms with van der Waals surface area (Å²) < 4.78 is 30.6. The third-order valence-corrected chi connectivity index (χ3v) is 8.21. The molecule has 210 valence electrons. The molecule has 2 aromatic heterocycles. The van der Waals surface area contributed by atoms with Crippen LogP contribution >= 0.6 is 11.5 Å². The summed E-state index contributed by atoms with van der Waals surface area (Å²) in [5.74, 6) is -0.567. The Morgan fingerprint density at radius 1 is 1.02 bits per heavy atom. The number of ether oxygens (including phenoxy) is 2. The molecule has 4 aromatic rings. The van der Waals surface area contributed by atoms with Gasteiger partial charge in [0.1, 0.15) is 5.82 Å². The van der Waals surface area contributed by atoms with Crippen LogP contribution in [0.2, 0.25) is 0 Å². The number of hydrogen-bond acceptors (Lipinski definition) is 8. The van der Waals surface area contributed by atoms with E-state index in [0.29, 0.717) is 59.6 Å². The highest BCUT2D eigenvalue weighted by molar-refractivity contribution is 7.09. The van der Waals surface area contributed by atoms with Gasteiger partial charge < -0.3 is 19.7 Å². The van der Waals surface area contributed by atoms with Crippen molar-refractivity contribution in [3.63, 3.8) is 0 Å². The number of rotatable bonds is 5. The van der Waals surface area contributed by atoms with Gasteiger partial charge in [0.2, 0.25) is 16.9 Å². The Balaban J connectivity index is 1.33. The number of nitrogens with one attached hydrogen (secondary N) is 1. The average molecular weight is 574 g/mol. The first kappa shape index (κ1) is 27.0. The second-order valence-corrected chi connectivity index (χ2v) is 11.3. The first-order valence-corrected chi connectivity index (χ1v) is 14.1. The number of nitrogens with zero attached hydrogens (tertiary/aromatic N) is 4. The average Bonchev–Trinajstić information content (AvgIpc) is 3.40. The van der Waals surface area contributed by atoms with Crippen molar-refractivity contribution in [3.8, 4) is 22.9 Å². The van der Waals surface area contributed by atoms with Gasteiger partial charge in [-0.1, -0.05) is 44.2 Å². The minimum absolute atomic E-state index is 0.0410. The van der Waals surface area contributed by atoms with Crippen LogP contribution in [0.25, 0.3) is 11.3 Å². The number of para-hydroxylation sites is 1. The zero-order chi connectivity index (χ0) is 28.7. The van der Waals surface area contributed by atoms with Gasteiger partial charge in [-0.25, -0.2) is 14.4 Å². The van der Waals surface area contributed by atoms with Crippen LogP contribution in [0, 0.1) is 18.2 Å². The third kappa shape index (κ3) is 5.07. The Kier molecular flexibility index (Phi) is 7.00. The number of pyridine rings is 1. The lowest BCUT2D eigenvalue weighted by molar-refractivity contribution is -0.124. The summed E-state index contributed by atoms with van der Waals surface area (Å²) in [6.07, 6.45) is 0. The van der Waals surface area contributed by atoms with Crippen molar-refractivity contribution in [2.45, 2.75) is 26.7 Å². The lowest BCUT2D eigenvalue weighted by Gasteiger charge is -2.37. The molecule has 41 heavy (non-hydrogen) atoms. The molecule has 2 aromatic carbocycles. The molecule has 1 unspecified atom stereocenters. The molecule has 0 radical (unpaired) electrons. The summed E-state index contributed by atoms with van der Waals surface area (Å²) in [7, 11) is 0. The molecule has 1 saturated heterocycles. The maximum absolute atomic E-state index is 15.1. The smallest absolute Gasteiger partial charge is 0.254 e. The number of carbonyl (C=O) groups is 2. The van der Waals surface area contributed by atoms with Gasteiger partial charge in [-0.05, 0) is 31.2 Å². The Hall–Kier alpha value is -4.22. The quantitative estimate of drug-likeness (QED) is 0.340. The summed E-state index contributed by atoms with van der Waals surface area (Å²) in [6.45, 7) is 7.58. The summed E-state index contributed by atoms with van der Waals surface area (Å²) in [6, 6.07) is 15.6. The molecule has 2 amide bonds. The van der Waals surface area contributed by atoms with Crippen LogP contribution < -0.4 is 10.1 Å². The van der Waals surface area contributed by atoms with E-state index < -0.39 is 17.2 Å². The number of aryl methyl sites for hydroxylation is 1. The van der Waals surface area contributed by atoms with Crippen LogP contribution in [-0.4, -0.2) is 57.4 Å². The fourth-order valence-electron chi connectivity index (χ4n) is 5.29. The maximum atomic E-state index is 15.1. The van der Waals surface area contributed by atoms with E-state index in [0.717, 1.165) is 17.1 Å². The number of anilines is 1. The monoisotopic (exact) mass is 573 g/mol. The van der Waals surface area contributed by atoms with E-state index in [9.17, 15) is 9.59 Å². The predicted molar refractivity (Wildman–Crippen MR) is 152 cm³/mol. The molecule has 11 heteroatoms. The molecule has 1 N–H and O–H groups in total. The van der Waals surface area contributed by atoms with E-state index in [2.05, 4.69) is 14.7 Å². The Morgan fingerprint density at radius 3 is 2.49 bits per heavy atom. The Bertz CT molecular complexity index is 1630. The zero-order valence-electron chi connectivity index (χ0n) is 22.8. The number of fused-ring (bicyclic) bond motifs is 2. The van der Waals surface area contributed by atoms with Crippen LogP contribution in [0.15, 0.2) is 54.6 Å². The maximum Gasteiger partial charge on any atom is 0.254 e. The van der Waals surface area contributed by atoms with Crippen molar-refractivity contribution in [1.82, 2.24) is 19.2 Å². The number of aromatic nitrogens is 3. The number of carbonyl (C=O) groups excluding carboxylic acids is 2. The fourth-order valence-corrected chi connectivity index (χ4v) is 5.86. The van der Waals surface area contributed by atoms with E-state index in [1.807, 2.05) is 38.1 Å². The van der Waals surface area contributed by atoms with Gasteiger partial charge in [-0.15, -0.1) is 0 Å². The second-order valence-electron chi connectivity index (χ2n) is 10.6. The number of morpholine rings is 1. The number of halogens is 1. The van der Waals surface area contributed by atoms with Crippen molar-refractivity contribution in [1.29, 1.82) is 0 Å². The molecular weight excluding hydrogens is 545 g/mol. The normalized spacial score (nSPS) is 16.4. The number of hydrogen-bond donors (Lipinski definition) is 1. The second kappa shape index (κ2) is 10.6. The molecule has 1 atom stereocenters. The minimum atomic E-state index is -1.04. The van der Waals surface area contributed by atoms with Gasteiger partial charge in [0, 0.05) is 52.8 Å². The standard InChI is InChI=1S/C30H28FN5O4S/c1-17-32-29(41-35-17)34-28(38)30(2,3)24-20-5-4-6-22(31)25(20)40-26-21(24)11-12-23(33-26)18-7-9-19(10-8-18)27(37)36-13-15-39-16-14-36/h4-12,24H,13-16H2,1-3H3,(H,32,34,35,38). The summed E-state index contributed by atoms with van der Waals surface area (Å²) >= 11 is 1.11. The number of benzene rings is 2. The molecule has 0 spiro atoms. The van der Waals surface area contributed by atoms with Crippen LogP contribution in [0.5, 0.6) is 11.6 Å². The summed E-state index contributed by atoms with van der Waals surface area (Å²) in [5.41, 5.74) is 2.14. The van der Waals surface area contributed by atoms with Gasteiger partial charge >= 0.3 is 0 Å². The Labute approximate surface area is 240 Å². The van der Waals surface area contributed by atoms with E-state index in [1.165, 1.54) is 6.07 Å². The molecule has 0 bridgehead atoms. The highest BCUT2D eigenvalue weighted by Gasteiger charge is 2.45. The zero-order valence-corrected chi connectivity index (χ0v) is 23.6. The molecule has 1 fully saturated rings. The van der Waals surface area contributed by atoms with Crippen molar-refractivity contribution in [2.24, 2.45) is 5.41 Å². The van der Waals surface area contributed by atoms with Gasteiger partial charge in [-0.2, -0.15) is 4.37 Å². The first-order valence-electron chi connectivity index (χ1n) is 13.3. The molecular formula is C30H28FN5O4S. The van der Waals surface area contributed by atoms with Crippen LogP contribution in [-0.2, 0) is 9.53 Å². The third-order valence-electron chi connectivity index (χ3n) is 7.49.